The van der Waals surface area contributed by atoms with Gasteiger partial charge in [0.15, 0.2) is 0 Å². The Morgan fingerprint density at radius 3 is 2.44 bits per heavy atom. The summed E-state index contributed by atoms with van der Waals surface area (Å²) in [5.41, 5.74) is 0.240. The zero-order valence-corrected chi connectivity index (χ0v) is 10.0. The third-order valence-corrected chi connectivity index (χ3v) is 3.44. The van der Waals surface area contributed by atoms with Crippen molar-refractivity contribution >= 4 is 44.2 Å². The second-order valence-corrected chi connectivity index (χ2v) is 5.24. The van der Waals surface area contributed by atoms with E-state index < -0.39 is 10.1 Å². The first-order chi connectivity index (χ1) is 7.39. The van der Waals surface area contributed by atoms with Gasteiger partial charge in [-0.2, -0.15) is 8.42 Å². The molecule has 2 rings (SSSR count). The molecule has 0 atom stereocenters. The maximum absolute atomic E-state index is 11.1. The fourth-order valence-electron chi connectivity index (χ4n) is 1.36. The maximum Gasteiger partial charge on any atom is 0.295 e. The number of nitrogens with zero attached hydrogens (tertiary/aromatic N) is 1. The molecule has 0 aliphatic carbocycles. The average molecular weight is 278 g/mol. The third kappa shape index (κ3) is 1.99. The standard InChI is InChI=1S/C9H5Cl2NO3S/c10-6-2-3-7(16(13,14)15)5-1-4-8(11)12-9(5)6/h1-4H,(H,13,14,15). The molecule has 16 heavy (non-hydrogen) atoms. The van der Waals surface area contributed by atoms with Crippen LogP contribution in [0.15, 0.2) is 29.2 Å². The van der Waals surface area contributed by atoms with Crippen LogP contribution in [0, 0.1) is 0 Å². The molecule has 0 amide bonds. The van der Waals surface area contributed by atoms with Crippen LogP contribution >= 0.6 is 23.2 Å². The molecule has 0 unspecified atom stereocenters. The summed E-state index contributed by atoms with van der Waals surface area (Å²) < 4.78 is 31.2. The monoisotopic (exact) mass is 277 g/mol. The van der Waals surface area contributed by atoms with Gasteiger partial charge in [0, 0.05) is 5.39 Å². The zero-order valence-electron chi connectivity index (χ0n) is 7.68. The summed E-state index contributed by atoms with van der Waals surface area (Å²) in [6, 6.07) is 5.43. The van der Waals surface area contributed by atoms with Gasteiger partial charge in [-0.1, -0.05) is 23.2 Å². The molecule has 4 nitrogen and oxygen atoms in total. The summed E-state index contributed by atoms with van der Waals surface area (Å²) in [5.74, 6) is 0. The quantitative estimate of drug-likeness (QED) is 0.643. The Balaban J connectivity index is 2.96. The first-order valence-corrected chi connectivity index (χ1v) is 6.31. The molecule has 84 valence electrons. The van der Waals surface area contributed by atoms with Crippen molar-refractivity contribution in [3.8, 4) is 0 Å². The predicted molar refractivity (Wildman–Crippen MR) is 61.6 cm³/mol. The lowest BCUT2D eigenvalue weighted by Crippen LogP contribution is -1.99. The van der Waals surface area contributed by atoms with E-state index >= 15 is 0 Å². The molecule has 1 aromatic heterocycles. The number of aromatic nitrogens is 1. The zero-order chi connectivity index (χ0) is 11.9. The maximum atomic E-state index is 11.1. The molecule has 0 radical (unpaired) electrons. The largest absolute Gasteiger partial charge is 0.295 e. The van der Waals surface area contributed by atoms with E-state index in [0.717, 1.165) is 0 Å². The van der Waals surface area contributed by atoms with Crippen LogP contribution in [0.3, 0.4) is 0 Å². The Hall–Kier alpha value is -0.880. The van der Waals surface area contributed by atoms with E-state index in [9.17, 15) is 8.42 Å². The van der Waals surface area contributed by atoms with Gasteiger partial charge in [-0.15, -0.1) is 0 Å². The average Bonchev–Trinajstić information content (AvgIpc) is 2.17. The molecule has 1 aromatic carbocycles. The van der Waals surface area contributed by atoms with Gasteiger partial charge >= 0.3 is 0 Å². The van der Waals surface area contributed by atoms with Gasteiger partial charge in [0.05, 0.1) is 10.5 Å². The van der Waals surface area contributed by atoms with E-state index in [0.29, 0.717) is 0 Å². The number of fused-ring (bicyclic) bond motifs is 1. The van der Waals surface area contributed by atoms with Crippen LogP contribution < -0.4 is 0 Å². The highest BCUT2D eigenvalue weighted by Crippen LogP contribution is 2.28. The third-order valence-electron chi connectivity index (χ3n) is 2.01. The van der Waals surface area contributed by atoms with Crippen LogP contribution in [-0.2, 0) is 10.1 Å². The molecule has 7 heteroatoms. The van der Waals surface area contributed by atoms with E-state index in [-0.39, 0.29) is 26.0 Å². The van der Waals surface area contributed by atoms with E-state index in [4.69, 9.17) is 27.8 Å². The van der Waals surface area contributed by atoms with E-state index in [1.165, 1.54) is 24.3 Å². The Bertz CT molecular complexity index is 670. The lowest BCUT2D eigenvalue weighted by atomic mass is 10.2. The Kier molecular flexibility index (Phi) is 2.79. The number of halogens is 2. The fraction of sp³-hybridized carbons (Fsp3) is 0. The summed E-state index contributed by atoms with van der Waals surface area (Å²) in [5, 5.41) is 0.700. The minimum absolute atomic E-state index is 0.196. The van der Waals surface area contributed by atoms with Gasteiger partial charge in [0.2, 0.25) is 0 Å². The van der Waals surface area contributed by atoms with Crippen molar-refractivity contribution in [3.05, 3.63) is 34.4 Å². The van der Waals surface area contributed by atoms with Gasteiger partial charge in [-0.25, -0.2) is 4.98 Å². The summed E-state index contributed by atoms with van der Waals surface area (Å²) in [6.07, 6.45) is 0. The molecular weight excluding hydrogens is 273 g/mol. The molecule has 0 bridgehead atoms. The lowest BCUT2D eigenvalue weighted by molar-refractivity contribution is 0.484. The Morgan fingerprint density at radius 2 is 1.81 bits per heavy atom. The van der Waals surface area contributed by atoms with Gasteiger partial charge in [0.25, 0.3) is 10.1 Å². The molecule has 0 spiro atoms. The first-order valence-electron chi connectivity index (χ1n) is 4.12. The summed E-state index contributed by atoms with van der Waals surface area (Å²) >= 11 is 11.5. The molecule has 0 fully saturated rings. The minimum Gasteiger partial charge on any atom is -0.282 e. The van der Waals surface area contributed by atoms with Crippen LogP contribution in [0.4, 0.5) is 0 Å². The van der Waals surface area contributed by atoms with Crippen LogP contribution in [0.2, 0.25) is 10.2 Å². The van der Waals surface area contributed by atoms with Crippen molar-refractivity contribution < 1.29 is 13.0 Å². The van der Waals surface area contributed by atoms with Crippen LogP contribution in [-0.4, -0.2) is 18.0 Å². The lowest BCUT2D eigenvalue weighted by Gasteiger charge is -2.04. The molecule has 2 aromatic rings. The van der Waals surface area contributed by atoms with Crippen molar-refractivity contribution in [2.24, 2.45) is 0 Å². The van der Waals surface area contributed by atoms with Crippen molar-refractivity contribution in [2.45, 2.75) is 4.90 Å². The summed E-state index contributed by atoms with van der Waals surface area (Å²) in [6.45, 7) is 0. The van der Waals surface area contributed by atoms with Crippen LogP contribution in [0.25, 0.3) is 10.9 Å². The van der Waals surface area contributed by atoms with Crippen LogP contribution in [0.1, 0.15) is 0 Å². The van der Waals surface area contributed by atoms with Gasteiger partial charge in [-0.3, -0.25) is 4.55 Å². The summed E-state index contributed by atoms with van der Waals surface area (Å²) in [7, 11) is -4.30. The van der Waals surface area contributed by atoms with Crippen molar-refractivity contribution in [2.75, 3.05) is 0 Å². The minimum atomic E-state index is -4.30. The normalized spacial score (nSPS) is 11.9. The molecule has 0 saturated carbocycles. The van der Waals surface area contributed by atoms with Gasteiger partial charge in [0.1, 0.15) is 10.0 Å². The van der Waals surface area contributed by atoms with Crippen molar-refractivity contribution in [1.29, 1.82) is 0 Å². The molecular formula is C9H5Cl2NO3S. The second kappa shape index (κ2) is 3.85. The smallest absolute Gasteiger partial charge is 0.282 e. The van der Waals surface area contributed by atoms with E-state index in [2.05, 4.69) is 4.98 Å². The van der Waals surface area contributed by atoms with Gasteiger partial charge < -0.3 is 0 Å². The first kappa shape index (κ1) is 11.6. The highest BCUT2D eigenvalue weighted by molar-refractivity contribution is 7.86. The topological polar surface area (TPSA) is 67.3 Å². The Labute approximate surface area is 102 Å². The molecule has 0 saturated heterocycles. The van der Waals surface area contributed by atoms with Crippen molar-refractivity contribution in [3.63, 3.8) is 0 Å². The number of rotatable bonds is 1. The number of pyridine rings is 1. The SMILES string of the molecule is O=S(=O)(O)c1ccc(Cl)c2nc(Cl)ccc12. The predicted octanol–water partition coefficient (Wildman–Crippen LogP) is 2.79. The summed E-state index contributed by atoms with van der Waals surface area (Å²) in [4.78, 5) is 3.67. The van der Waals surface area contributed by atoms with Gasteiger partial charge in [-0.05, 0) is 24.3 Å². The number of benzene rings is 1. The number of hydrogen-bond donors (Lipinski definition) is 1. The van der Waals surface area contributed by atoms with E-state index in [1.807, 2.05) is 0 Å². The second-order valence-electron chi connectivity index (χ2n) is 3.05. The molecule has 0 aliphatic heterocycles. The van der Waals surface area contributed by atoms with Crippen molar-refractivity contribution in [1.82, 2.24) is 4.98 Å². The highest BCUT2D eigenvalue weighted by Gasteiger charge is 2.16. The fourth-order valence-corrected chi connectivity index (χ4v) is 2.40. The van der Waals surface area contributed by atoms with Crippen LogP contribution in [0.5, 0.6) is 0 Å². The highest BCUT2D eigenvalue weighted by atomic mass is 35.5. The number of hydrogen-bond acceptors (Lipinski definition) is 3. The van der Waals surface area contributed by atoms with E-state index in [1.54, 1.807) is 0 Å². The molecule has 1 N–H and O–H groups in total. The molecule has 0 aliphatic rings. The molecule has 1 heterocycles. The Morgan fingerprint density at radius 1 is 1.12 bits per heavy atom.